The zero-order valence-electron chi connectivity index (χ0n) is 10.5. The fourth-order valence-electron chi connectivity index (χ4n) is 2.78. The van der Waals surface area contributed by atoms with Crippen LogP contribution in [0.15, 0.2) is 5.16 Å². The number of ether oxygens (including phenoxy) is 1. The summed E-state index contributed by atoms with van der Waals surface area (Å²) < 4.78 is 5.45. The van der Waals surface area contributed by atoms with Crippen molar-refractivity contribution in [2.45, 2.75) is 50.7 Å². The summed E-state index contributed by atoms with van der Waals surface area (Å²) in [6, 6.07) is -0.0288. The van der Waals surface area contributed by atoms with E-state index in [-0.39, 0.29) is 29.8 Å². The molecule has 1 aliphatic carbocycles. The molecule has 0 aromatic carbocycles. The number of nitrogens with zero attached hydrogens (tertiary/aromatic N) is 1. The summed E-state index contributed by atoms with van der Waals surface area (Å²) in [5.74, 6) is 0.0993. The van der Waals surface area contributed by atoms with Gasteiger partial charge < -0.3 is 21.0 Å². The topological polar surface area (TPSA) is 96.9 Å². The van der Waals surface area contributed by atoms with Gasteiger partial charge in [0.15, 0.2) is 0 Å². The van der Waals surface area contributed by atoms with Crippen LogP contribution in [0.1, 0.15) is 38.5 Å². The highest BCUT2D eigenvalue weighted by Crippen LogP contribution is 2.26. The predicted molar refractivity (Wildman–Crippen MR) is 66.3 cm³/mol. The quantitative estimate of drug-likeness (QED) is 0.297. The molecule has 2 fully saturated rings. The third-order valence-corrected chi connectivity index (χ3v) is 3.81. The molecule has 0 spiro atoms. The normalized spacial score (nSPS) is 33.3. The standard InChI is InChI=1S/C12H21N3O3/c13-11(15-17)8-4-3-5-9(8)14-12(16)10-6-1-2-7-18-10/h8-10,17H,1-7H2,(H2,13,15)(H,14,16). The van der Waals surface area contributed by atoms with Crippen molar-refractivity contribution in [2.75, 3.05) is 6.61 Å². The molecule has 2 aliphatic rings. The van der Waals surface area contributed by atoms with E-state index in [9.17, 15) is 4.79 Å². The summed E-state index contributed by atoms with van der Waals surface area (Å²) in [4.78, 5) is 12.0. The number of hydrogen-bond acceptors (Lipinski definition) is 4. The molecule has 1 saturated carbocycles. The number of carbonyl (C=O) groups is 1. The molecule has 0 radical (unpaired) electrons. The second-order valence-corrected chi connectivity index (χ2v) is 5.03. The molecule has 2 rings (SSSR count). The molecule has 0 aromatic heterocycles. The third-order valence-electron chi connectivity index (χ3n) is 3.81. The lowest BCUT2D eigenvalue weighted by atomic mass is 10.0. The molecule has 6 heteroatoms. The zero-order chi connectivity index (χ0) is 13.0. The fraction of sp³-hybridized carbons (Fsp3) is 0.833. The number of amidine groups is 1. The molecule has 3 atom stereocenters. The van der Waals surface area contributed by atoms with E-state index in [0.29, 0.717) is 6.61 Å². The van der Waals surface area contributed by atoms with E-state index in [2.05, 4.69) is 10.5 Å². The first-order valence-corrected chi connectivity index (χ1v) is 6.61. The molecule has 1 heterocycles. The highest BCUT2D eigenvalue weighted by molar-refractivity contribution is 5.85. The Labute approximate surface area is 107 Å². The van der Waals surface area contributed by atoms with Gasteiger partial charge in [-0.1, -0.05) is 11.6 Å². The second kappa shape index (κ2) is 6.04. The molecular weight excluding hydrogens is 234 g/mol. The van der Waals surface area contributed by atoms with Crippen LogP contribution in [-0.4, -0.2) is 35.7 Å². The lowest BCUT2D eigenvalue weighted by Crippen LogP contribution is -2.47. The van der Waals surface area contributed by atoms with Gasteiger partial charge >= 0.3 is 0 Å². The lowest BCUT2D eigenvalue weighted by Gasteiger charge is -2.25. The maximum atomic E-state index is 12.0. The minimum Gasteiger partial charge on any atom is -0.409 e. The fourth-order valence-corrected chi connectivity index (χ4v) is 2.78. The van der Waals surface area contributed by atoms with Crippen molar-refractivity contribution in [2.24, 2.45) is 16.8 Å². The van der Waals surface area contributed by atoms with Crippen molar-refractivity contribution in [1.29, 1.82) is 0 Å². The van der Waals surface area contributed by atoms with Crippen molar-refractivity contribution >= 4 is 11.7 Å². The maximum Gasteiger partial charge on any atom is 0.249 e. The summed E-state index contributed by atoms with van der Waals surface area (Å²) in [5, 5.41) is 14.8. The van der Waals surface area contributed by atoms with Crippen molar-refractivity contribution in [1.82, 2.24) is 5.32 Å². The largest absolute Gasteiger partial charge is 0.409 e. The van der Waals surface area contributed by atoms with Crippen LogP contribution in [-0.2, 0) is 9.53 Å². The van der Waals surface area contributed by atoms with Crippen LogP contribution >= 0.6 is 0 Å². The summed E-state index contributed by atoms with van der Waals surface area (Å²) >= 11 is 0. The average molecular weight is 255 g/mol. The summed E-state index contributed by atoms with van der Waals surface area (Å²) in [6.07, 6.45) is 5.23. The van der Waals surface area contributed by atoms with Crippen molar-refractivity contribution in [3.05, 3.63) is 0 Å². The molecule has 1 amide bonds. The molecule has 4 N–H and O–H groups in total. The highest BCUT2D eigenvalue weighted by atomic mass is 16.5. The van der Waals surface area contributed by atoms with Crippen LogP contribution < -0.4 is 11.1 Å². The van der Waals surface area contributed by atoms with Gasteiger partial charge in [-0.15, -0.1) is 0 Å². The maximum absolute atomic E-state index is 12.0. The molecule has 3 unspecified atom stereocenters. The Bertz CT molecular complexity index is 327. The highest BCUT2D eigenvalue weighted by Gasteiger charge is 2.33. The van der Waals surface area contributed by atoms with E-state index < -0.39 is 0 Å². The van der Waals surface area contributed by atoms with Gasteiger partial charge in [0, 0.05) is 18.6 Å². The minimum atomic E-state index is -0.327. The Morgan fingerprint density at radius 3 is 2.78 bits per heavy atom. The number of hydrogen-bond donors (Lipinski definition) is 3. The van der Waals surface area contributed by atoms with Crippen molar-refractivity contribution in [3.8, 4) is 0 Å². The van der Waals surface area contributed by atoms with Crippen LogP contribution in [0.25, 0.3) is 0 Å². The molecule has 1 aliphatic heterocycles. The zero-order valence-corrected chi connectivity index (χ0v) is 10.5. The molecular formula is C12H21N3O3. The lowest BCUT2D eigenvalue weighted by molar-refractivity contribution is -0.136. The summed E-state index contributed by atoms with van der Waals surface area (Å²) in [7, 11) is 0. The van der Waals surface area contributed by atoms with E-state index in [1.807, 2.05) is 0 Å². The van der Waals surface area contributed by atoms with Gasteiger partial charge in [0.2, 0.25) is 5.91 Å². The van der Waals surface area contributed by atoms with Crippen molar-refractivity contribution in [3.63, 3.8) is 0 Å². The Balaban J connectivity index is 1.89. The minimum absolute atomic E-state index is 0.0288. The van der Waals surface area contributed by atoms with Crippen molar-refractivity contribution < 1.29 is 14.7 Å². The third kappa shape index (κ3) is 2.93. The Kier molecular flexibility index (Phi) is 4.41. The van der Waals surface area contributed by atoms with Gasteiger partial charge in [-0.3, -0.25) is 4.79 Å². The van der Waals surface area contributed by atoms with Crippen LogP contribution in [0.3, 0.4) is 0 Å². The first kappa shape index (κ1) is 13.1. The summed E-state index contributed by atoms with van der Waals surface area (Å²) in [5.41, 5.74) is 5.64. The molecule has 0 aromatic rings. The first-order valence-electron chi connectivity index (χ1n) is 6.61. The van der Waals surface area contributed by atoms with Gasteiger partial charge in [-0.05, 0) is 32.1 Å². The van der Waals surface area contributed by atoms with Crippen LogP contribution in [0.2, 0.25) is 0 Å². The monoisotopic (exact) mass is 255 g/mol. The van der Waals surface area contributed by atoms with E-state index in [1.165, 1.54) is 0 Å². The van der Waals surface area contributed by atoms with E-state index >= 15 is 0 Å². The van der Waals surface area contributed by atoms with Gasteiger partial charge in [0.1, 0.15) is 11.9 Å². The van der Waals surface area contributed by atoms with Gasteiger partial charge in [0.05, 0.1) is 0 Å². The van der Waals surface area contributed by atoms with Gasteiger partial charge in [-0.25, -0.2) is 0 Å². The summed E-state index contributed by atoms with van der Waals surface area (Å²) in [6.45, 7) is 0.659. The van der Waals surface area contributed by atoms with E-state index in [1.54, 1.807) is 0 Å². The molecule has 6 nitrogen and oxygen atoms in total. The number of nitrogens with two attached hydrogens (primary N) is 1. The molecule has 102 valence electrons. The Hall–Kier alpha value is -1.30. The Morgan fingerprint density at radius 2 is 2.11 bits per heavy atom. The van der Waals surface area contributed by atoms with Gasteiger partial charge in [0.25, 0.3) is 0 Å². The molecule has 18 heavy (non-hydrogen) atoms. The first-order chi connectivity index (χ1) is 8.72. The number of amides is 1. The number of oxime groups is 1. The van der Waals surface area contributed by atoms with Crippen LogP contribution in [0, 0.1) is 5.92 Å². The smallest absolute Gasteiger partial charge is 0.249 e. The number of rotatable bonds is 3. The van der Waals surface area contributed by atoms with Crippen LogP contribution in [0.5, 0.6) is 0 Å². The Morgan fingerprint density at radius 1 is 1.28 bits per heavy atom. The number of carbonyl (C=O) groups excluding carboxylic acids is 1. The van der Waals surface area contributed by atoms with E-state index in [0.717, 1.165) is 38.5 Å². The van der Waals surface area contributed by atoms with Crippen LogP contribution in [0.4, 0.5) is 0 Å². The second-order valence-electron chi connectivity index (χ2n) is 5.03. The molecule has 0 bridgehead atoms. The predicted octanol–water partition coefficient (Wildman–Crippen LogP) is 0.587. The van der Waals surface area contributed by atoms with E-state index in [4.69, 9.17) is 15.7 Å². The average Bonchev–Trinajstić information content (AvgIpc) is 2.87. The molecule has 1 saturated heterocycles. The van der Waals surface area contributed by atoms with Gasteiger partial charge in [-0.2, -0.15) is 0 Å². The number of nitrogens with one attached hydrogen (secondary N) is 1. The SMILES string of the molecule is NC(=NO)C1CCCC1NC(=O)C1CCCCO1.